The lowest BCUT2D eigenvalue weighted by atomic mass is 10.2. The van der Waals surface area contributed by atoms with Crippen LogP contribution in [0.25, 0.3) is 0 Å². The second-order valence-corrected chi connectivity index (χ2v) is 9.90. The molecule has 0 aliphatic carbocycles. The first-order valence-electron chi connectivity index (χ1n) is 7.21. The standard InChI is InChI=1S/C14H22BrNO5S2/c1-4-11(5-2)16(8-9-17)23(20,21)14-10-12(22(3,18)19)6-7-13(14)15/h6-7,10-11,17H,4-5,8-9H2,1-3H3. The molecule has 1 aromatic rings. The smallest absolute Gasteiger partial charge is 0.244 e. The first-order valence-corrected chi connectivity index (χ1v) is 11.3. The Balaban J connectivity index is 3.51. The number of sulfonamides is 1. The predicted octanol–water partition coefficient (Wildman–Crippen LogP) is 2.02. The molecule has 9 heteroatoms. The van der Waals surface area contributed by atoms with Crippen molar-refractivity contribution >= 4 is 35.8 Å². The summed E-state index contributed by atoms with van der Waals surface area (Å²) in [6.07, 6.45) is 2.22. The van der Waals surface area contributed by atoms with E-state index in [4.69, 9.17) is 0 Å². The summed E-state index contributed by atoms with van der Waals surface area (Å²) in [6, 6.07) is 3.65. The fourth-order valence-corrected chi connectivity index (χ4v) is 5.77. The van der Waals surface area contributed by atoms with Crippen LogP contribution in [0.2, 0.25) is 0 Å². The van der Waals surface area contributed by atoms with E-state index < -0.39 is 19.9 Å². The molecule has 0 spiro atoms. The summed E-state index contributed by atoms with van der Waals surface area (Å²) in [6.45, 7) is 3.40. The Hall–Kier alpha value is -0.480. The summed E-state index contributed by atoms with van der Waals surface area (Å²) in [5.41, 5.74) is 0. The van der Waals surface area contributed by atoms with Crippen molar-refractivity contribution in [3.8, 4) is 0 Å². The molecule has 0 aliphatic heterocycles. The zero-order valence-electron chi connectivity index (χ0n) is 13.4. The van der Waals surface area contributed by atoms with E-state index in [-0.39, 0.29) is 29.0 Å². The molecule has 0 saturated carbocycles. The van der Waals surface area contributed by atoms with Crippen molar-refractivity contribution < 1.29 is 21.9 Å². The highest BCUT2D eigenvalue weighted by Crippen LogP contribution is 2.29. The van der Waals surface area contributed by atoms with Crippen molar-refractivity contribution in [2.45, 2.75) is 42.5 Å². The van der Waals surface area contributed by atoms with Gasteiger partial charge in [-0.25, -0.2) is 16.8 Å². The fraction of sp³-hybridized carbons (Fsp3) is 0.571. The Morgan fingerprint density at radius 1 is 1.17 bits per heavy atom. The van der Waals surface area contributed by atoms with E-state index >= 15 is 0 Å². The van der Waals surface area contributed by atoms with Crippen LogP contribution in [0.4, 0.5) is 0 Å². The van der Waals surface area contributed by atoms with Gasteiger partial charge in [0.1, 0.15) is 0 Å². The van der Waals surface area contributed by atoms with Crippen molar-refractivity contribution in [2.75, 3.05) is 19.4 Å². The molecular formula is C14H22BrNO5S2. The molecule has 1 N–H and O–H groups in total. The minimum absolute atomic E-state index is 0.0375. The van der Waals surface area contributed by atoms with Crippen molar-refractivity contribution in [3.05, 3.63) is 22.7 Å². The maximum Gasteiger partial charge on any atom is 0.244 e. The van der Waals surface area contributed by atoms with Gasteiger partial charge in [0.25, 0.3) is 0 Å². The third-order valence-electron chi connectivity index (χ3n) is 3.59. The van der Waals surface area contributed by atoms with Gasteiger partial charge in [-0.1, -0.05) is 13.8 Å². The van der Waals surface area contributed by atoms with Crippen LogP contribution in [0.5, 0.6) is 0 Å². The molecule has 0 heterocycles. The van der Waals surface area contributed by atoms with E-state index in [2.05, 4.69) is 15.9 Å². The van der Waals surface area contributed by atoms with Gasteiger partial charge < -0.3 is 5.11 Å². The highest BCUT2D eigenvalue weighted by molar-refractivity contribution is 9.10. The average Bonchev–Trinajstić information content (AvgIpc) is 2.46. The number of halogens is 1. The molecule has 0 fully saturated rings. The van der Waals surface area contributed by atoms with Crippen LogP contribution in [-0.4, -0.2) is 51.7 Å². The van der Waals surface area contributed by atoms with E-state index in [1.807, 2.05) is 13.8 Å². The minimum Gasteiger partial charge on any atom is -0.395 e. The van der Waals surface area contributed by atoms with Crippen LogP contribution in [-0.2, 0) is 19.9 Å². The molecule has 1 aromatic carbocycles. The Kier molecular flexibility index (Phi) is 7.21. The van der Waals surface area contributed by atoms with Crippen molar-refractivity contribution in [1.29, 1.82) is 0 Å². The summed E-state index contributed by atoms with van der Waals surface area (Å²) in [7, 11) is -7.46. The Morgan fingerprint density at radius 3 is 2.17 bits per heavy atom. The Labute approximate surface area is 146 Å². The summed E-state index contributed by atoms with van der Waals surface area (Å²) in [5, 5.41) is 9.23. The van der Waals surface area contributed by atoms with E-state index in [9.17, 15) is 21.9 Å². The average molecular weight is 428 g/mol. The van der Waals surface area contributed by atoms with Crippen LogP contribution < -0.4 is 0 Å². The van der Waals surface area contributed by atoms with Gasteiger partial charge in [-0.2, -0.15) is 4.31 Å². The SMILES string of the molecule is CCC(CC)N(CCO)S(=O)(=O)c1cc(S(C)(=O)=O)ccc1Br. The van der Waals surface area contributed by atoms with Crippen LogP contribution in [0, 0.1) is 0 Å². The van der Waals surface area contributed by atoms with Crippen molar-refractivity contribution in [2.24, 2.45) is 0 Å². The van der Waals surface area contributed by atoms with Gasteiger partial charge >= 0.3 is 0 Å². The Morgan fingerprint density at radius 2 is 1.74 bits per heavy atom. The van der Waals surface area contributed by atoms with Gasteiger partial charge in [0, 0.05) is 23.3 Å². The van der Waals surface area contributed by atoms with E-state index in [0.29, 0.717) is 17.3 Å². The monoisotopic (exact) mass is 427 g/mol. The molecule has 0 aliphatic rings. The summed E-state index contributed by atoms with van der Waals surface area (Å²) < 4.78 is 50.9. The van der Waals surface area contributed by atoms with Crippen molar-refractivity contribution in [3.63, 3.8) is 0 Å². The Bertz CT molecular complexity index is 742. The number of benzene rings is 1. The lowest BCUT2D eigenvalue weighted by Crippen LogP contribution is -2.41. The van der Waals surface area contributed by atoms with E-state index in [0.717, 1.165) is 12.3 Å². The molecule has 6 nitrogen and oxygen atoms in total. The van der Waals surface area contributed by atoms with Crippen molar-refractivity contribution in [1.82, 2.24) is 4.31 Å². The van der Waals surface area contributed by atoms with Gasteiger partial charge in [0.15, 0.2) is 9.84 Å². The summed E-state index contributed by atoms with van der Waals surface area (Å²) >= 11 is 3.18. The molecule has 23 heavy (non-hydrogen) atoms. The van der Waals surface area contributed by atoms with E-state index in [1.54, 1.807) is 0 Å². The molecule has 132 valence electrons. The molecular weight excluding hydrogens is 406 g/mol. The number of nitrogens with zero attached hydrogens (tertiary/aromatic N) is 1. The normalized spacial score (nSPS) is 13.0. The van der Waals surface area contributed by atoms with Gasteiger partial charge in [-0.05, 0) is 47.0 Å². The first-order chi connectivity index (χ1) is 10.6. The van der Waals surface area contributed by atoms with Crippen LogP contribution in [0.15, 0.2) is 32.5 Å². The maximum atomic E-state index is 13.0. The fourth-order valence-electron chi connectivity index (χ4n) is 2.33. The number of aliphatic hydroxyl groups is 1. The van der Waals surface area contributed by atoms with E-state index in [1.165, 1.54) is 16.4 Å². The van der Waals surface area contributed by atoms with Gasteiger partial charge in [0.05, 0.1) is 16.4 Å². The highest BCUT2D eigenvalue weighted by atomic mass is 79.9. The van der Waals surface area contributed by atoms with Gasteiger partial charge in [-0.3, -0.25) is 0 Å². The number of aliphatic hydroxyl groups excluding tert-OH is 1. The quantitative estimate of drug-likeness (QED) is 0.684. The second kappa shape index (κ2) is 8.06. The summed E-state index contributed by atoms with van der Waals surface area (Å²) in [4.78, 5) is -0.173. The molecule has 0 saturated heterocycles. The summed E-state index contributed by atoms with van der Waals surface area (Å²) in [5.74, 6) is 0. The number of hydrogen-bond donors (Lipinski definition) is 1. The topological polar surface area (TPSA) is 91.8 Å². The second-order valence-electron chi connectivity index (χ2n) is 5.17. The molecule has 0 amide bonds. The number of rotatable bonds is 8. The molecule has 0 atom stereocenters. The van der Waals surface area contributed by atoms with Crippen LogP contribution >= 0.6 is 15.9 Å². The zero-order valence-corrected chi connectivity index (χ0v) is 16.6. The minimum atomic E-state index is -3.94. The predicted molar refractivity (Wildman–Crippen MR) is 92.6 cm³/mol. The van der Waals surface area contributed by atoms with Gasteiger partial charge in [0.2, 0.25) is 10.0 Å². The number of sulfone groups is 1. The molecule has 1 rings (SSSR count). The molecule has 0 aromatic heterocycles. The first kappa shape index (κ1) is 20.6. The largest absolute Gasteiger partial charge is 0.395 e. The van der Waals surface area contributed by atoms with Crippen LogP contribution in [0.3, 0.4) is 0 Å². The molecule has 0 bridgehead atoms. The third kappa shape index (κ3) is 4.76. The lowest BCUT2D eigenvalue weighted by molar-refractivity contribution is 0.219. The highest BCUT2D eigenvalue weighted by Gasteiger charge is 2.31. The van der Waals surface area contributed by atoms with Crippen LogP contribution in [0.1, 0.15) is 26.7 Å². The lowest BCUT2D eigenvalue weighted by Gasteiger charge is -2.29. The zero-order chi connectivity index (χ0) is 17.8. The third-order valence-corrected chi connectivity index (χ3v) is 7.64. The number of hydrogen-bond acceptors (Lipinski definition) is 5. The maximum absolute atomic E-state index is 13.0. The van der Waals surface area contributed by atoms with Gasteiger partial charge in [-0.15, -0.1) is 0 Å². The molecule has 0 radical (unpaired) electrons. The molecule has 0 unspecified atom stereocenters.